The maximum absolute atomic E-state index is 9.27. The quantitative estimate of drug-likeness (QED) is 0.635. The maximum atomic E-state index is 9.27. The predicted octanol–water partition coefficient (Wildman–Crippen LogP) is 0.967. The Morgan fingerprint density at radius 3 is 2.06 bits per heavy atom. The molecule has 0 aliphatic carbocycles. The molecule has 2 aromatic carbocycles. The van der Waals surface area contributed by atoms with E-state index in [9.17, 15) is 15.3 Å². The van der Waals surface area contributed by atoms with E-state index in [4.69, 9.17) is 0 Å². The normalized spacial score (nSPS) is 11.7. The second-order valence-electron chi connectivity index (χ2n) is 4.44. The summed E-state index contributed by atoms with van der Waals surface area (Å²) < 4.78 is 0. The lowest BCUT2D eigenvalue weighted by Gasteiger charge is -2.30. The zero-order chi connectivity index (χ0) is 13.0. The summed E-state index contributed by atoms with van der Waals surface area (Å²) in [7, 11) is 0. The van der Waals surface area contributed by atoms with Gasteiger partial charge in [0.2, 0.25) is 0 Å². The average molecular weight is 247 g/mol. The lowest BCUT2D eigenvalue weighted by molar-refractivity contribution is 0.0834. The Morgan fingerprint density at radius 2 is 1.44 bits per heavy atom. The van der Waals surface area contributed by atoms with Crippen LogP contribution < -0.4 is 5.32 Å². The van der Waals surface area contributed by atoms with E-state index in [1.807, 2.05) is 42.5 Å². The van der Waals surface area contributed by atoms with Crippen molar-refractivity contribution in [1.82, 2.24) is 0 Å². The van der Waals surface area contributed by atoms with Gasteiger partial charge in [-0.2, -0.15) is 0 Å². The molecule has 2 rings (SSSR count). The molecule has 4 heteroatoms. The highest BCUT2D eigenvalue weighted by molar-refractivity contribution is 5.85. The highest BCUT2D eigenvalue weighted by Gasteiger charge is 2.27. The molecule has 4 nitrogen and oxygen atoms in total. The zero-order valence-electron chi connectivity index (χ0n) is 10.0. The number of nitrogens with one attached hydrogen (secondary N) is 1. The summed E-state index contributed by atoms with van der Waals surface area (Å²) in [6.45, 7) is -1.02. The van der Waals surface area contributed by atoms with Crippen LogP contribution >= 0.6 is 0 Å². The molecule has 0 saturated carbocycles. The van der Waals surface area contributed by atoms with Crippen LogP contribution in [0.3, 0.4) is 0 Å². The van der Waals surface area contributed by atoms with E-state index >= 15 is 0 Å². The van der Waals surface area contributed by atoms with Crippen molar-refractivity contribution in [2.24, 2.45) is 0 Å². The van der Waals surface area contributed by atoms with Gasteiger partial charge in [-0.15, -0.1) is 0 Å². The minimum atomic E-state index is -1.09. The largest absolute Gasteiger partial charge is 0.394 e. The Labute approximate surface area is 106 Å². The number of rotatable bonds is 5. The van der Waals surface area contributed by atoms with Crippen molar-refractivity contribution in [3.63, 3.8) is 0 Å². The Hall–Kier alpha value is -1.62. The standard InChI is InChI=1S/C14H17NO3/c16-8-14(9-17,10-18)15-13-6-5-11-3-1-2-4-12(11)7-13/h1-7,15-18H,8-10H2. The first-order chi connectivity index (χ1) is 8.73. The molecule has 0 spiro atoms. The molecule has 2 aromatic rings. The third-order valence-electron chi connectivity index (χ3n) is 3.07. The van der Waals surface area contributed by atoms with Crippen LogP contribution in [-0.4, -0.2) is 40.7 Å². The molecule has 96 valence electrons. The first kappa shape index (κ1) is 12.8. The summed E-state index contributed by atoms with van der Waals surface area (Å²) >= 11 is 0. The van der Waals surface area contributed by atoms with Crippen molar-refractivity contribution in [1.29, 1.82) is 0 Å². The molecule has 0 saturated heterocycles. The number of fused-ring (bicyclic) bond motifs is 1. The number of hydrogen-bond acceptors (Lipinski definition) is 4. The van der Waals surface area contributed by atoms with Crippen LogP contribution in [0, 0.1) is 0 Å². The van der Waals surface area contributed by atoms with Crippen LogP contribution in [0.25, 0.3) is 10.8 Å². The van der Waals surface area contributed by atoms with Crippen LogP contribution in [0.2, 0.25) is 0 Å². The van der Waals surface area contributed by atoms with E-state index in [0.29, 0.717) is 0 Å². The molecule has 0 unspecified atom stereocenters. The highest BCUT2D eigenvalue weighted by Crippen LogP contribution is 2.21. The van der Waals surface area contributed by atoms with Gasteiger partial charge in [0.05, 0.1) is 19.8 Å². The van der Waals surface area contributed by atoms with Crippen molar-refractivity contribution in [2.75, 3.05) is 25.1 Å². The summed E-state index contributed by atoms with van der Waals surface area (Å²) in [4.78, 5) is 0. The minimum absolute atomic E-state index is 0.340. The SMILES string of the molecule is OCC(CO)(CO)Nc1ccc2ccccc2c1. The summed E-state index contributed by atoms with van der Waals surface area (Å²) in [5.74, 6) is 0. The lowest BCUT2D eigenvalue weighted by atomic mass is 10.0. The first-order valence-electron chi connectivity index (χ1n) is 5.82. The maximum Gasteiger partial charge on any atom is 0.107 e. The van der Waals surface area contributed by atoms with E-state index in [0.717, 1.165) is 16.5 Å². The average Bonchev–Trinajstić information content (AvgIpc) is 2.45. The Morgan fingerprint density at radius 1 is 0.833 bits per heavy atom. The van der Waals surface area contributed by atoms with Gasteiger partial charge in [0.15, 0.2) is 0 Å². The van der Waals surface area contributed by atoms with E-state index in [1.165, 1.54) is 0 Å². The number of hydrogen-bond donors (Lipinski definition) is 4. The van der Waals surface area contributed by atoms with Gasteiger partial charge >= 0.3 is 0 Å². The zero-order valence-corrected chi connectivity index (χ0v) is 10.0. The van der Waals surface area contributed by atoms with Crippen LogP contribution in [-0.2, 0) is 0 Å². The molecule has 0 heterocycles. The minimum Gasteiger partial charge on any atom is -0.394 e. The van der Waals surface area contributed by atoms with Gasteiger partial charge in [0.25, 0.3) is 0 Å². The van der Waals surface area contributed by atoms with Crippen molar-refractivity contribution in [3.05, 3.63) is 42.5 Å². The summed E-state index contributed by atoms with van der Waals surface area (Å²) in [5.41, 5.74) is -0.339. The summed E-state index contributed by atoms with van der Waals surface area (Å²) in [6, 6.07) is 13.6. The first-order valence-corrected chi connectivity index (χ1v) is 5.82. The topological polar surface area (TPSA) is 72.7 Å². The fourth-order valence-corrected chi connectivity index (χ4v) is 1.84. The number of aliphatic hydroxyl groups excluding tert-OH is 3. The number of aliphatic hydroxyl groups is 3. The second-order valence-corrected chi connectivity index (χ2v) is 4.44. The van der Waals surface area contributed by atoms with Gasteiger partial charge in [-0.3, -0.25) is 0 Å². The fourth-order valence-electron chi connectivity index (χ4n) is 1.84. The van der Waals surface area contributed by atoms with Gasteiger partial charge in [-0.1, -0.05) is 30.3 Å². The Kier molecular flexibility index (Phi) is 3.81. The van der Waals surface area contributed by atoms with Crippen molar-refractivity contribution < 1.29 is 15.3 Å². The Balaban J connectivity index is 2.31. The van der Waals surface area contributed by atoms with Crippen LogP contribution in [0.4, 0.5) is 5.69 Å². The number of benzene rings is 2. The molecule has 0 aliphatic heterocycles. The molecule has 0 bridgehead atoms. The molecule has 0 radical (unpaired) electrons. The van der Waals surface area contributed by atoms with Crippen molar-refractivity contribution in [3.8, 4) is 0 Å². The van der Waals surface area contributed by atoms with E-state index < -0.39 is 5.54 Å². The van der Waals surface area contributed by atoms with Gasteiger partial charge in [-0.25, -0.2) is 0 Å². The molecule has 0 atom stereocenters. The van der Waals surface area contributed by atoms with E-state index in [1.54, 1.807) is 0 Å². The summed E-state index contributed by atoms with van der Waals surface area (Å²) in [6.07, 6.45) is 0. The third-order valence-corrected chi connectivity index (χ3v) is 3.07. The molecule has 4 N–H and O–H groups in total. The van der Waals surface area contributed by atoms with E-state index in [-0.39, 0.29) is 19.8 Å². The van der Waals surface area contributed by atoms with Gasteiger partial charge in [0, 0.05) is 5.69 Å². The van der Waals surface area contributed by atoms with Gasteiger partial charge in [-0.05, 0) is 22.9 Å². The third kappa shape index (κ3) is 2.46. The molecule has 0 aliphatic rings. The fraction of sp³-hybridized carbons (Fsp3) is 0.286. The molecule has 0 amide bonds. The monoisotopic (exact) mass is 247 g/mol. The van der Waals surface area contributed by atoms with E-state index in [2.05, 4.69) is 5.32 Å². The second kappa shape index (κ2) is 5.35. The molecular weight excluding hydrogens is 230 g/mol. The van der Waals surface area contributed by atoms with Crippen molar-refractivity contribution >= 4 is 16.5 Å². The molecule has 18 heavy (non-hydrogen) atoms. The van der Waals surface area contributed by atoms with Crippen LogP contribution in [0.15, 0.2) is 42.5 Å². The van der Waals surface area contributed by atoms with Crippen molar-refractivity contribution in [2.45, 2.75) is 5.54 Å². The van der Waals surface area contributed by atoms with Gasteiger partial charge < -0.3 is 20.6 Å². The molecule has 0 aromatic heterocycles. The number of anilines is 1. The lowest BCUT2D eigenvalue weighted by Crippen LogP contribution is -2.49. The molecule has 0 fully saturated rings. The summed E-state index contributed by atoms with van der Waals surface area (Å²) in [5, 5.41) is 33.0. The van der Waals surface area contributed by atoms with Gasteiger partial charge in [0.1, 0.15) is 5.54 Å². The molecular formula is C14H17NO3. The predicted molar refractivity (Wildman–Crippen MR) is 71.6 cm³/mol. The van der Waals surface area contributed by atoms with Crippen LogP contribution in [0.1, 0.15) is 0 Å². The highest BCUT2D eigenvalue weighted by atomic mass is 16.3. The Bertz CT molecular complexity index is 515. The van der Waals surface area contributed by atoms with Crippen LogP contribution in [0.5, 0.6) is 0 Å². The smallest absolute Gasteiger partial charge is 0.107 e.